The predicted octanol–water partition coefficient (Wildman–Crippen LogP) is 0.884. The van der Waals surface area contributed by atoms with Gasteiger partial charge in [0, 0.05) is 14.1 Å². The van der Waals surface area contributed by atoms with Crippen LogP contribution in [-0.4, -0.2) is 42.6 Å². The van der Waals surface area contributed by atoms with Crippen molar-refractivity contribution >= 4 is 47.1 Å². The quantitative estimate of drug-likeness (QED) is 0.514. The Morgan fingerprint density at radius 1 is 1.14 bits per heavy atom. The highest BCUT2D eigenvalue weighted by Crippen LogP contribution is 2.55. The van der Waals surface area contributed by atoms with E-state index in [-0.39, 0.29) is 0 Å². The largest absolute Gasteiger partial charge is 0.342 e. The van der Waals surface area contributed by atoms with Gasteiger partial charge in [0.1, 0.15) is 0 Å². The van der Waals surface area contributed by atoms with Gasteiger partial charge < -0.3 is 4.89 Å². The van der Waals surface area contributed by atoms with Gasteiger partial charge in [-0.25, -0.2) is 0 Å². The summed E-state index contributed by atoms with van der Waals surface area (Å²) in [6.45, 7) is -2.75. The van der Waals surface area contributed by atoms with Crippen molar-refractivity contribution in [1.29, 1.82) is 0 Å². The lowest BCUT2D eigenvalue weighted by atomic mass is 11.4. The van der Waals surface area contributed by atoms with E-state index in [0.717, 1.165) is 0 Å². The maximum absolute atomic E-state index is 9.81. The number of hydrazine groups is 1. The molecule has 86 valence electrons. The molecule has 0 aliphatic heterocycles. The molecule has 2 atom stereocenters. The Morgan fingerprint density at radius 3 is 1.86 bits per heavy atom. The molecule has 0 rings (SSSR count). The second-order valence-electron chi connectivity index (χ2n) is 2.47. The molecule has 0 saturated heterocycles. The van der Waals surface area contributed by atoms with E-state index in [9.17, 15) is 4.89 Å². The zero-order chi connectivity index (χ0) is 11.6. The van der Waals surface area contributed by atoms with Crippen LogP contribution >= 0.6 is 23.5 Å². The molecule has 0 radical (unpaired) electrons. The molecule has 10 heteroatoms. The van der Waals surface area contributed by atoms with Crippen molar-refractivity contribution in [2.75, 3.05) is 28.2 Å². The van der Waals surface area contributed by atoms with Crippen molar-refractivity contribution in [1.82, 2.24) is 19.7 Å². The molecule has 0 aliphatic rings. The number of nitrogens with zero attached hydrogens (tertiary/aromatic N) is 2. The summed E-state index contributed by atoms with van der Waals surface area (Å²) in [5.41, 5.74) is -2.35. The summed E-state index contributed by atoms with van der Waals surface area (Å²) in [7, 11) is 6.62. The Balaban J connectivity index is 4.80. The van der Waals surface area contributed by atoms with Crippen LogP contribution in [0.2, 0.25) is 0 Å². The highest BCUT2D eigenvalue weighted by atomic mass is 35.7. The first-order chi connectivity index (χ1) is 6.19. The van der Waals surface area contributed by atoms with Crippen LogP contribution in [0.3, 0.4) is 0 Å². The predicted molar refractivity (Wildman–Crippen MR) is 70.3 cm³/mol. The minimum Gasteiger partial charge on any atom is -0.342 e. The number of rotatable bonds is 5. The van der Waals surface area contributed by atoms with E-state index in [1.165, 1.54) is 4.78 Å². The standard InChI is InChI=1S/C4H15ClN4OP2S2/c1-6-11(5,13)8(3)9(4)12(10,14)7-2/h1-4H3,(H,6,13)(H2,7,10,14). The molecule has 0 heterocycles. The zero-order valence-corrected chi connectivity index (χ0v) is 12.6. The summed E-state index contributed by atoms with van der Waals surface area (Å²) in [6.07, 6.45) is 0. The molecule has 2 unspecified atom stereocenters. The molecule has 0 aromatic carbocycles. The SMILES string of the molecule is CNP(O)(=S)N(C)N(C)P(=S)(Cl)NC. The van der Waals surface area contributed by atoms with Gasteiger partial charge in [-0.15, -0.1) is 0 Å². The van der Waals surface area contributed by atoms with Crippen LogP contribution in [0.4, 0.5) is 0 Å². The Morgan fingerprint density at radius 2 is 1.57 bits per heavy atom. The Bertz CT molecular complexity index is 263. The second kappa shape index (κ2) is 5.64. The summed E-state index contributed by atoms with van der Waals surface area (Å²) >= 11 is 16.2. The Labute approximate surface area is 99.9 Å². The van der Waals surface area contributed by atoms with Crippen LogP contribution in [0.15, 0.2) is 0 Å². The molecule has 0 spiro atoms. The molecule has 0 aliphatic carbocycles. The number of halogens is 1. The van der Waals surface area contributed by atoms with E-state index in [2.05, 4.69) is 10.2 Å². The molecule has 3 N–H and O–H groups in total. The number of hydrogen-bond donors (Lipinski definition) is 3. The third-order valence-electron chi connectivity index (χ3n) is 1.75. The van der Waals surface area contributed by atoms with Crippen LogP contribution in [0.5, 0.6) is 0 Å². The molecule has 0 aromatic heterocycles. The van der Waals surface area contributed by atoms with Crippen LogP contribution in [0, 0.1) is 0 Å². The molecule has 0 amide bonds. The zero-order valence-electron chi connectivity index (χ0n) is 8.43. The van der Waals surface area contributed by atoms with E-state index >= 15 is 0 Å². The van der Waals surface area contributed by atoms with Gasteiger partial charge in [-0.2, -0.15) is 9.56 Å². The summed E-state index contributed by atoms with van der Waals surface area (Å²) < 4.78 is 3.05. The fourth-order valence-corrected chi connectivity index (χ4v) is 4.03. The monoisotopic (exact) mass is 296 g/mol. The van der Waals surface area contributed by atoms with E-state index in [4.69, 9.17) is 34.9 Å². The van der Waals surface area contributed by atoms with Crippen molar-refractivity contribution in [3.05, 3.63) is 0 Å². The number of nitrogens with one attached hydrogen (secondary N) is 2. The summed E-state index contributed by atoms with van der Waals surface area (Å²) in [4.78, 5) is 9.81. The maximum Gasteiger partial charge on any atom is 0.211 e. The van der Waals surface area contributed by atoms with Crippen LogP contribution < -0.4 is 10.2 Å². The average Bonchev–Trinajstić information content (AvgIpc) is 2.15. The van der Waals surface area contributed by atoms with Crippen molar-refractivity contribution in [3.63, 3.8) is 0 Å². The average molecular weight is 297 g/mol. The Hall–Kier alpha value is 1.39. The van der Waals surface area contributed by atoms with Crippen LogP contribution in [-0.2, 0) is 23.6 Å². The van der Waals surface area contributed by atoms with E-state index in [1.807, 2.05) is 0 Å². The normalized spacial score (nSPS) is 20.9. The lowest BCUT2D eigenvalue weighted by Gasteiger charge is -2.37. The molecule has 14 heavy (non-hydrogen) atoms. The summed E-state index contributed by atoms with van der Waals surface area (Å²) in [5, 5.41) is 5.50. The first-order valence-electron chi connectivity index (χ1n) is 3.68. The van der Waals surface area contributed by atoms with Gasteiger partial charge in [0.05, 0.1) is 0 Å². The fraction of sp³-hybridized carbons (Fsp3) is 1.00. The van der Waals surface area contributed by atoms with Crippen LogP contribution in [0.1, 0.15) is 0 Å². The van der Waals surface area contributed by atoms with Gasteiger partial charge >= 0.3 is 0 Å². The van der Waals surface area contributed by atoms with E-state index in [1.54, 1.807) is 33.0 Å². The van der Waals surface area contributed by atoms with Gasteiger partial charge in [0.2, 0.25) is 6.57 Å². The van der Waals surface area contributed by atoms with Crippen molar-refractivity contribution in [3.8, 4) is 0 Å². The molecular formula is C4H15ClN4OP2S2. The van der Waals surface area contributed by atoms with E-state index < -0.39 is 12.3 Å². The highest BCUT2D eigenvalue weighted by molar-refractivity contribution is 8.25. The number of hydrogen-bond acceptors (Lipinski definition) is 2. The van der Waals surface area contributed by atoms with Crippen molar-refractivity contribution in [2.45, 2.75) is 0 Å². The molecule has 5 nitrogen and oxygen atoms in total. The Kier molecular flexibility index (Phi) is 6.20. The first-order valence-corrected chi connectivity index (χ1v) is 10.0. The topological polar surface area (TPSA) is 50.8 Å². The van der Waals surface area contributed by atoms with Crippen LogP contribution in [0.25, 0.3) is 0 Å². The fourth-order valence-electron chi connectivity index (χ4n) is 0.631. The minimum absolute atomic E-state index is 1.48. The molecule has 0 fully saturated rings. The molecule has 0 bridgehead atoms. The lowest BCUT2D eigenvalue weighted by Crippen LogP contribution is -2.35. The van der Waals surface area contributed by atoms with E-state index in [0.29, 0.717) is 0 Å². The highest BCUT2D eigenvalue weighted by Gasteiger charge is 2.28. The van der Waals surface area contributed by atoms with Gasteiger partial charge in [-0.05, 0) is 37.7 Å². The summed E-state index contributed by atoms with van der Waals surface area (Å²) in [6, 6.07) is 0. The maximum atomic E-state index is 9.81. The van der Waals surface area contributed by atoms with Gasteiger partial charge in [-0.3, -0.25) is 10.2 Å². The third-order valence-corrected chi connectivity index (χ3v) is 8.77. The molecule has 0 saturated carbocycles. The van der Waals surface area contributed by atoms with Gasteiger partial charge in [0.15, 0.2) is 5.69 Å². The van der Waals surface area contributed by atoms with Gasteiger partial charge in [0.25, 0.3) is 0 Å². The minimum atomic E-state index is -2.75. The third kappa shape index (κ3) is 3.76. The van der Waals surface area contributed by atoms with Gasteiger partial charge in [-0.1, -0.05) is 11.2 Å². The molecular weight excluding hydrogens is 282 g/mol. The van der Waals surface area contributed by atoms with Crippen molar-refractivity contribution in [2.24, 2.45) is 0 Å². The lowest BCUT2D eigenvalue weighted by molar-refractivity contribution is 0.238. The first kappa shape index (κ1) is 15.4. The molecule has 0 aromatic rings. The smallest absolute Gasteiger partial charge is 0.211 e. The van der Waals surface area contributed by atoms with Crippen molar-refractivity contribution < 1.29 is 4.89 Å². The second-order valence-corrected chi connectivity index (χ2v) is 11.8. The summed E-state index contributed by atoms with van der Waals surface area (Å²) in [5.74, 6) is 0.